The van der Waals surface area contributed by atoms with Crippen LogP contribution in [0.25, 0.3) is 0 Å². The first-order valence-corrected chi connectivity index (χ1v) is 11.2. The van der Waals surface area contributed by atoms with Crippen LogP contribution in [0.1, 0.15) is 46.5 Å². The van der Waals surface area contributed by atoms with Crippen LogP contribution in [0.15, 0.2) is 0 Å². The van der Waals surface area contributed by atoms with Crippen LogP contribution in [-0.2, 0) is 23.9 Å². The first kappa shape index (κ1) is 37.2. The van der Waals surface area contributed by atoms with E-state index in [4.69, 9.17) is 9.47 Å². The fourth-order valence-corrected chi connectivity index (χ4v) is 3.62. The fraction of sp³-hybridized carbons (Fsp3) is 0.909. The van der Waals surface area contributed by atoms with Crippen molar-refractivity contribution in [3.8, 4) is 0 Å². The third kappa shape index (κ3) is 18.0. The normalized spacial score (nSPS) is 13.6. The smallest absolute Gasteiger partial charge is 0.308 e. The van der Waals surface area contributed by atoms with Crippen molar-refractivity contribution in [2.45, 2.75) is 52.6 Å². The predicted octanol–water partition coefficient (Wildman–Crippen LogP) is -3.71. The van der Waals surface area contributed by atoms with Crippen molar-refractivity contribution >= 4 is 11.9 Å². The van der Waals surface area contributed by atoms with E-state index in [0.717, 1.165) is 11.0 Å². The van der Waals surface area contributed by atoms with Crippen molar-refractivity contribution in [3.05, 3.63) is 10.1 Å². The van der Waals surface area contributed by atoms with E-state index in [-0.39, 0.29) is 62.9 Å². The number of carbonyl (C=O) groups is 2. The lowest BCUT2D eigenvalue weighted by atomic mass is 9.84. The van der Waals surface area contributed by atoms with E-state index in [1.807, 2.05) is 41.9 Å². The predicted molar refractivity (Wildman–Crippen MR) is 121 cm³/mol. The first-order valence-electron chi connectivity index (χ1n) is 11.2. The molecular weight excluding hydrogens is 489 g/mol. The molecule has 0 aromatic rings. The van der Waals surface area contributed by atoms with Crippen molar-refractivity contribution in [1.29, 1.82) is 0 Å². The van der Waals surface area contributed by atoms with Crippen LogP contribution < -0.4 is 24.8 Å². The average Bonchev–Trinajstić information content (AvgIpc) is 2.58. The number of esters is 2. The largest absolute Gasteiger partial charge is 1.00 e. The van der Waals surface area contributed by atoms with E-state index in [1.165, 1.54) is 0 Å². The number of quaternary nitrogens is 2. The summed E-state index contributed by atoms with van der Waals surface area (Å²) in [5.41, 5.74) is -0.492. The van der Waals surface area contributed by atoms with Gasteiger partial charge in [-0.3, -0.25) is 9.59 Å². The summed E-state index contributed by atoms with van der Waals surface area (Å²) in [5.74, 6) is -0.636. The molecule has 0 aliphatic rings. The first-order chi connectivity index (χ1) is 14.5. The summed E-state index contributed by atoms with van der Waals surface area (Å²) in [6, 6.07) is 0. The van der Waals surface area contributed by atoms with Crippen molar-refractivity contribution in [2.75, 3.05) is 68.6 Å². The lowest BCUT2D eigenvalue weighted by molar-refractivity contribution is -0.885. The highest BCUT2D eigenvalue weighted by molar-refractivity contribution is 5.70. The van der Waals surface area contributed by atoms with Gasteiger partial charge in [0.2, 0.25) is 0 Å². The van der Waals surface area contributed by atoms with Gasteiger partial charge in [0.1, 0.15) is 19.8 Å². The molecule has 2 atom stereocenters. The van der Waals surface area contributed by atoms with Gasteiger partial charge in [0.25, 0.3) is 5.09 Å². The highest BCUT2D eigenvalue weighted by atomic mass is 35.5. The molecule has 0 aliphatic carbocycles. The Morgan fingerprint density at radius 3 is 1.62 bits per heavy atom. The fourth-order valence-electron chi connectivity index (χ4n) is 3.62. The second-order valence-electron chi connectivity index (χ2n) is 10.9. The summed E-state index contributed by atoms with van der Waals surface area (Å²) in [6.45, 7) is 7.33. The minimum Gasteiger partial charge on any atom is -1.00 e. The minimum atomic E-state index is -0.893. The van der Waals surface area contributed by atoms with Crippen LogP contribution in [0.5, 0.6) is 0 Å². The Morgan fingerprint density at radius 1 is 0.853 bits per heavy atom. The third-order valence-corrected chi connectivity index (χ3v) is 5.33. The molecule has 0 aromatic heterocycles. The lowest BCUT2D eigenvalue weighted by Crippen LogP contribution is -3.00. The van der Waals surface area contributed by atoms with Gasteiger partial charge in [-0.15, -0.1) is 10.1 Å². The van der Waals surface area contributed by atoms with E-state index in [1.54, 1.807) is 0 Å². The Hall–Kier alpha value is -1.36. The minimum absolute atomic E-state index is 0. The molecule has 204 valence electrons. The second kappa shape index (κ2) is 16.3. The van der Waals surface area contributed by atoms with Gasteiger partial charge in [-0.1, -0.05) is 20.8 Å². The van der Waals surface area contributed by atoms with Gasteiger partial charge >= 0.3 is 11.9 Å². The molecule has 0 bridgehead atoms. The van der Waals surface area contributed by atoms with Gasteiger partial charge < -0.3 is 48.1 Å². The van der Waals surface area contributed by atoms with Gasteiger partial charge in [0.15, 0.2) is 6.10 Å². The molecule has 12 heteroatoms. The molecule has 0 saturated heterocycles. The van der Waals surface area contributed by atoms with Gasteiger partial charge in [-0.2, -0.15) is 0 Å². The number of nitrogens with zero attached hydrogens (tertiary/aromatic N) is 3. The molecule has 2 unspecified atom stereocenters. The van der Waals surface area contributed by atoms with Gasteiger partial charge in [0, 0.05) is 11.3 Å². The molecular formula is C22H45Cl2N3O7. The topological polar surface area (TPSA) is 105 Å². The molecule has 0 saturated carbocycles. The van der Waals surface area contributed by atoms with Crippen LogP contribution in [-0.4, -0.2) is 101 Å². The molecule has 0 heterocycles. The summed E-state index contributed by atoms with van der Waals surface area (Å²) < 4.78 is 12.2. The van der Waals surface area contributed by atoms with Crippen LogP contribution in [0.2, 0.25) is 0 Å². The summed E-state index contributed by atoms with van der Waals surface area (Å²) in [7, 11) is 11.8. The zero-order valence-electron chi connectivity index (χ0n) is 22.3. The molecule has 34 heavy (non-hydrogen) atoms. The highest BCUT2D eigenvalue weighted by Crippen LogP contribution is 2.28. The van der Waals surface area contributed by atoms with E-state index < -0.39 is 22.6 Å². The summed E-state index contributed by atoms with van der Waals surface area (Å²) >= 11 is 0. The van der Waals surface area contributed by atoms with E-state index >= 15 is 0 Å². The van der Waals surface area contributed by atoms with E-state index in [2.05, 4.69) is 26.0 Å². The number of rotatable bonds is 16. The van der Waals surface area contributed by atoms with Crippen molar-refractivity contribution in [1.82, 2.24) is 0 Å². The van der Waals surface area contributed by atoms with Crippen LogP contribution >= 0.6 is 0 Å². The monoisotopic (exact) mass is 533 g/mol. The van der Waals surface area contributed by atoms with E-state index in [9.17, 15) is 19.7 Å². The molecule has 0 rings (SSSR count). The molecule has 10 nitrogen and oxygen atoms in total. The Labute approximate surface area is 217 Å². The SMILES string of the molecule is CCC(CC)(COC(=O)CC(C)C[N+](C)(C)C)COC(=O)CC(C[N+](C)(C)C)O[N+](=O)[O-].[Cl-].[Cl-]. The molecule has 0 aromatic carbocycles. The average molecular weight is 535 g/mol. The molecule has 0 spiro atoms. The second-order valence-corrected chi connectivity index (χ2v) is 10.9. The number of ether oxygens (including phenoxy) is 2. The molecule has 0 N–H and O–H groups in total. The van der Waals surface area contributed by atoms with Crippen molar-refractivity contribution in [2.24, 2.45) is 11.3 Å². The van der Waals surface area contributed by atoms with Gasteiger partial charge in [0.05, 0.1) is 61.7 Å². The Kier molecular flexibility index (Phi) is 17.9. The molecule has 0 aliphatic heterocycles. The maximum atomic E-state index is 12.4. The summed E-state index contributed by atoms with van der Waals surface area (Å²) in [4.78, 5) is 40.1. The molecule has 0 amide bonds. The number of halogens is 2. The van der Waals surface area contributed by atoms with Gasteiger partial charge in [-0.25, -0.2) is 0 Å². The van der Waals surface area contributed by atoms with E-state index in [0.29, 0.717) is 23.7 Å². The number of carbonyl (C=O) groups excluding carboxylic acids is 2. The van der Waals surface area contributed by atoms with Crippen LogP contribution in [0, 0.1) is 21.4 Å². The summed E-state index contributed by atoms with van der Waals surface area (Å²) in [6.07, 6.45) is 0.542. The Bertz CT molecular complexity index is 619. The van der Waals surface area contributed by atoms with Crippen molar-refractivity contribution in [3.63, 3.8) is 0 Å². The summed E-state index contributed by atoms with van der Waals surface area (Å²) in [5, 5.41) is 9.88. The van der Waals surface area contributed by atoms with Gasteiger partial charge in [-0.05, 0) is 12.8 Å². The van der Waals surface area contributed by atoms with Crippen LogP contribution in [0.4, 0.5) is 0 Å². The zero-order chi connectivity index (χ0) is 25.2. The standard InChI is InChI=1S/C22H45N3O7.2ClH/c1-10-22(11-2,16-30-20(26)12-18(3)14-24(4,5)6)17-31-21(27)13-19(32-23(28)29)15-25(7,8)9;;/h18-19H,10-17H2,1-9H3;2*1H/q+2;;/p-2. The maximum absolute atomic E-state index is 12.4. The zero-order valence-corrected chi connectivity index (χ0v) is 23.8. The number of hydrogen-bond donors (Lipinski definition) is 0. The van der Waals surface area contributed by atoms with Crippen LogP contribution in [0.3, 0.4) is 0 Å². The third-order valence-electron chi connectivity index (χ3n) is 5.33. The lowest BCUT2D eigenvalue weighted by Gasteiger charge is -2.31. The Balaban J connectivity index is -0.00000480. The quantitative estimate of drug-likeness (QED) is 0.0869. The molecule has 0 fully saturated rings. The number of likely N-dealkylation sites (N-methyl/N-ethyl adjacent to an activating group) is 1. The maximum Gasteiger partial charge on any atom is 0.308 e. The Morgan fingerprint density at radius 2 is 1.26 bits per heavy atom. The molecule has 0 radical (unpaired) electrons. The number of hydrogen-bond acceptors (Lipinski definition) is 7. The highest BCUT2D eigenvalue weighted by Gasteiger charge is 2.32. The van der Waals surface area contributed by atoms with Crippen molar-refractivity contribution < 1.29 is 62.8 Å².